The molecule has 1 N–H and O–H groups in total. The minimum absolute atomic E-state index is 0.194. The topological polar surface area (TPSA) is 92.8 Å². The van der Waals surface area contributed by atoms with Crippen LogP contribution in [0, 0.1) is 18.8 Å². The Morgan fingerprint density at radius 3 is 2.03 bits per heavy atom. The molecular formula is C24H22Cl2N2O5. The van der Waals surface area contributed by atoms with E-state index in [4.69, 9.17) is 27.9 Å². The second kappa shape index (κ2) is 9.53. The molecule has 172 valence electrons. The summed E-state index contributed by atoms with van der Waals surface area (Å²) in [5, 5.41) is 1.93. The molecule has 33 heavy (non-hydrogen) atoms. The van der Waals surface area contributed by atoms with E-state index in [0.717, 1.165) is 10.5 Å². The summed E-state index contributed by atoms with van der Waals surface area (Å²) in [6, 6.07) is 13.1. The van der Waals surface area contributed by atoms with Crippen LogP contribution in [-0.4, -0.2) is 41.1 Å². The van der Waals surface area contributed by atoms with Crippen molar-refractivity contribution in [3.63, 3.8) is 0 Å². The van der Waals surface area contributed by atoms with Gasteiger partial charge in [0.15, 0.2) is 6.61 Å². The molecule has 9 heteroatoms. The number of benzene rings is 2. The van der Waals surface area contributed by atoms with Crippen molar-refractivity contribution in [1.82, 2.24) is 0 Å². The van der Waals surface area contributed by atoms with E-state index in [2.05, 4.69) is 5.32 Å². The van der Waals surface area contributed by atoms with E-state index in [-0.39, 0.29) is 28.1 Å². The molecule has 0 spiro atoms. The van der Waals surface area contributed by atoms with Gasteiger partial charge >= 0.3 is 5.97 Å². The highest BCUT2D eigenvalue weighted by atomic mass is 35.5. The van der Waals surface area contributed by atoms with Gasteiger partial charge in [-0.2, -0.15) is 0 Å². The Balaban J connectivity index is 1.36. The number of alkyl halides is 2. The van der Waals surface area contributed by atoms with Crippen LogP contribution in [0.3, 0.4) is 0 Å². The number of carbonyl (C=O) groups is 4. The summed E-state index contributed by atoms with van der Waals surface area (Å²) < 4.78 is 5.07. The van der Waals surface area contributed by atoms with Crippen LogP contribution >= 0.6 is 23.2 Å². The Kier molecular flexibility index (Phi) is 6.72. The maximum absolute atomic E-state index is 12.8. The summed E-state index contributed by atoms with van der Waals surface area (Å²) in [7, 11) is 0. The summed E-state index contributed by atoms with van der Waals surface area (Å²) in [4.78, 5) is 51.1. The fraction of sp³-hybridized carbons (Fsp3) is 0.333. The van der Waals surface area contributed by atoms with Crippen molar-refractivity contribution in [1.29, 1.82) is 0 Å². The van der Waals surface area contributed by atoms with Gasteiger partial charge in [0.1, 0.15) is 0 Å². The molecule has 3 amide bonds. The summed E-state index contributed by atoms with van der Waals surface area (Å²) >= 11 is 12.4. The molecule has 2 aliphatic rings. The molecule has 0 unspecified atom stereocenters. The van der Waals surface area contributed by atoms with Crippen LogP contribution in [0.15, 0.2) is 48.5 Å². The third-order valence-electron chi connectivity index (χ3n) is 5.94. The van der Waals surface area contributed by atoms with Crippen LogP contribution in [0.2, 0.25) is 0 Å². The monoisotopic (exact) mass is 488 g/mol. The Bertz CT molecular complexity index is 1060. The van der Waals surface area contributed by atoms with Gasteiger partial charge in [0.25, 0.3) is 5.91 Å². The number of anilines is 2. The number of ether oxygens (including phenoxy) is 1. The first kappa shape index (κ1) is 23.3. The average molecular weight is 489 g/mol. The first-order valence-electron chi connectivity index (χ1n) is 10.5. The summed E-state index contributed by atoms with van der Waals surface area (Å²) in [6.45, 7) is 1.49. The van der Waals surface area contributed by atoms with E-state index in [1.165, 1.54) is 24.3 Å². The number of nitrogens with zero attached hydrogens (tertiary/aromatic N) is 1. The zero-order valence-corrected chi connectivity index (χ0v) is 19.3. The summed E-state index contributed by atoms with van der Waals surface area (Å²) in [5.41, 5.74) is 2.23. The maximum Gasteiger partial charge on any atom is 0.338 e. The van der Waals surface area contributed by atoms with Crippen molar-refractivity contribution >= 4 is 58.3 Å². The van der Waals surface area contributed by atoms with Crippen molar-refractivity contribution in [3.8, 4) is 0 Å². The van der Waals surface area contributed by atoms with E-state index in [9.17, 15) is 19.2 Å². The smallest absolute Gasteiger partial charge is 0.338 e. The van der Waals surface area contributed by atoms with E-state index in [1.807, 2.05) is 19.1 Å². The molecule has 1 heterocycles. The lowest BCUT2D eigenvalue weighted by Gasteiger charge is -2.28. The number of imide groups is 1. The first-order valence-corrected chi connectivity index (χ1v) is 11.4. The Hall–Kier alpha value is -2.90. The molecule has 4 atom stereocenters. The molecule has 2 aromatic carbocycles. The number of esters is 1. The van der Waals surface area contributed by atoms with Gasteiger partial charge in [0, 0.05) is 5.69 Å². The Morgan fingerprint density at radius 1 is 0.939 bits per heavy atom. The molecular weight excluding hydrogens is 467 g/mol. The fourth-order valence-electron chi connectivity index (χ4n) is 4.14. The van der Waals surface area contributed by atoms with Crippen molar-refractivity contribution < 1.29 is 23.9 Å². The van der Waals surface area contributed by atoms with Crippen molar-refractivity contribution in [2.45, 2.75) is 30.5 Å². The summed E-state index contributed by atoms with van der Waals surface area (Å²) in [6.07, 6.45) is 0.715. The minimum atomic E-state index is -0.691. The molecule has 2 aromatic rings. The van der Waals surface area contributed by atoms with Crippen LogP contribution < -0.4 is 10.2 Å². The second-order valence-corrected chi connectivity index (χ2v) is 9.39. The lowest BCUT2D eigenvalue weighted by molar-refractivity contribution is -0.122. The molecule has 4 rings (SSSR count). The number of nitrogens with one attached hydrogen (secondary N) is 1. The zero-order valence-electron chi connectivity index (χ0n) is 17.8. The van der Waals surface area contributed by atoms with Crippen LogP contribution in [0.25, 0.3) is 0 Å². The van der Waals surface area contributed by atoms with E-state index in [1.54, 1.807) is 12.1 Å². The average Bonchev–Trinajstić information content (AvgIpc) is 3.03. The van der Waals surface area contributed by atoms with Crippen LogP contribution in [0.4, 0.5) is 11.4 Å². The third kappa shape index (κ3) is 4.89. The van der Waals surface area contributed by atoms with E-state index in [0.29, 0.717) is 24.2 Å². The molecule has 2 fully saturated rings. The number of aryl methyl sites for hydroxylation is 1. The lowest BCUT2D eigenvalue weighted by atomic mass is 9.80. The summed E-state index contributed by atoms with van der Waals surface area (Å²) in [5.74, 6) is -2.72. The number of carbonyl (C=O) groups excluding carboxylic acids is 4. The van der Waals surface area contributed by atoms with E-state index < -0.39 is 30.3 Å². The fourth-order valence-corrected chi connectivity index (χ4v) is 4.73. The van der Waals surface area contributed by atoms with Gasteiger partial charge in [-0.25, -0.2) is 4.79 Å². The Labute approximate surface area is 201 Å². The molecule has 1 saturated heterocycles. The largest absolute Gasteiger partial charge is 0.452 e. The maximum atomic E-state index is 12.8. The third-order valence-corrected chi connectivity index (χ3v) is 7.04. The van der Waals surface area contributed by atoms with Crippen LogP contribution in [0.1, 0.15) is 28.8 Å². The number of hydrogen-bond donors (Lipinski definition) is 1. The van der Waals surface area contributed by atoms with Gasteiger partial charge < -0.3 is 10.1 Å². The predicted octanol–water partition coefficient (Wildman–Crippen LogP) is 3.90. The van der Waals surface area contributed by atoms with Gasteiger partial charge in [-0.1, -0.05) is 17.7 Å². The van der Waals surface area contributed by atoms with Crippen molar-refractivity contribution in [2.24, 2.45) is 11.8 Å². The standard InChI is InChI=1S/C24H22Cl2N2O5/c1-13-2-6-15(7-3-13)27-21(29)12-33-24(32)14-4-8-16(9-5-14)28-22(30)17-10-19(25)20(26)11-18(17)23(28)31/h2-9,17-20H,10-12H2,1H3,(H,27,29)/t17-,18+,19+,20-. The molecule has 0 bridgehead atoms. The van der Waals surface area contributed by atoms with Gasteiger partial charge in [-0.15, -0.1) is 23.2 Å². The van der Waals surface area contributed by atoms with Crippen LogP contribution in [-0.2, 0) is 19.1 Å². The second-order valence-electron chi connectivity index (χ2n) is 8.27. The van der Waals surface area contributed by atoms with Crippen LogP contribution in [0.5, 0.6) is 0 Å². The Morgan fingerprint density at radius 2 is 1.48 bits per heavy atom. The molecule has 1 aliphatic heterocycles. The first-order chi connectivity index (χ1) is 15.7. The predicted molar refractivity (Wildman–Crippen MR) is 125 cm³/mol. The number of fused-ring (bicyclic) bond motifs is 1. The lowest BCUT2D eigenvalue weighted by Crippen LogP contribution is -2.34. The minimum Gasteiger partial charge on any atom is -0.452 e. The van der Waals surface area contributed by atoms with Gasteiger partial charge in [-0.05, 0) is 56.2 Å². The molecule has 0 radical (unpaired) electrons. The number of amides is 3. The zero-order chi connectivity index (χ0) is 23.7. The van der Waals surface area contributed by atoms with Crippen molar-refractivity contribution in [2.75, 3.05) is 16.8 Å². The highest BCUT2D eigenvalue weighted by molar-refractivity contribution is 6.31. The molecule has 7 nitrogen and oxygen atoms in total. The highest BCUT2D eigenvalue weighted by Gasteiger charge is 2.52. The van der Waals surface area contributed by atoms with Gasteiger partial charge in [-0.3, -0.25) is 19.3 Å². The van der Waals surface area contributed by atoms with Gasteiger partial charge in [0.05, 0.1) is 33.8 Å². The molecule has 1 saturated carbocycles. The number of halogens is 2. The number of hydrogen-bond acceptors (Lipinski definition) is 5. The SMILES string of the molecule is Cc1ccc(NC(=O)COC(=O)c2ccc(N3C(=O)[C@H]4C[C@@H](Cl)[C@@H](Cl)C[C@H]4C3=O)cc2)cc1. The molecule has 0 aromatic heterocycles. The van der Waals surface area contributed by atoms with Gasteiger partial charge in [0.2, 0.25) is 11.8 Å². The highest BCUT2D eigenvalue weighted by Crippen LogP contribution is 2.43. The van der Waals surface area contributed by atoms with Crippen molar-refractivity contribution in [3.05, 3.63) is 59.7 Å². The molecule has 1 aliphatic carbocycles. The number of rotatable bonds is 5. The van der Waals surface area contributed by atoms with E-state index >= 15 is 0 Å². The quantitative estimate of drug-likeness (QED) is 0.391. The normalized spacial score (nSPS) is 24.4.